The van der Waals surface area contributed by atoms with E-state index in [4.69, 9.17) is 14.2 Å². The van der Waals surface area contributed by atoms with Crippen LogP contribution < -0.4 is 14.8 Å². The Hall–Kier alpha value is -1.75. The predicted octanol–water partition coefficient (Wildman–Crippen LogP) is 1.79. The Morgan fingerprint density at radius 3 is 2.35 bits per heavy atom. The lowest BCUT2D eigenvalue weighted by atomic mass is 9.89. The fourth-order valence-electron chi connectivity index (χ4n) is 2.07. The number of carbonyl (C=O) groups is 1. The van der Waals surface area contributed by atoms with Crippen LogP contribution in [-0.4, -0.2) is 39.9 Å². The second kappa shape index (κ2) is 7.14. The molecule has 112 valence electrons. The standard InChI is InChI=1S/C15H23NO4/c1-15(16-2,10-14(17)20-5)9-11-6-7-12(18-3)13(8-11)19-4/h6-8,16H,9-10H2,1-5H3. The van der Waals surface area contributed by atoms with Gasteiger partial charge in [-0.1, -0.05) is 6.07 Å². The lowest BCUT2D eigenvalue weighted by molar-refractivity contribution is -0.142. The van der Waals surface area contributed by atoms with E-state index in [-0.39, 0.29) is 11.5 Å². The Labute approximate surface area is 120 Å². The van der Waals surface area contributed by atoms with E-state index in [1.807, 2.05) is 32.2 Å². The second-order valence-electron chi connectivity index (χ2n) is 4.93. The zero-order valence-electron chi connectivity index (χ0n) is 12.8. The summed E-state index contributed by atoms with van der Waals surface area (Å²) >= 11 is 0. The highest BCUT2D eigenvalue weighted by Crippen LogP contribution is 2.29. The first-order valence-electron chi connectivity index (χ1n) is 6.44. The molecule has 0 saturated carbocycles. The molecule has 0 bridgehead atoms. The maximum Gasteiger partial charge on any atom is 0.307 e. The van der Waals surface area contributed by atoms with Gasteiger partial charge in [-0.3, -0.25) is 4.79 Å². The molecule has 0 amide bonds. The number of methoxy groups -OCH3 is 3. The molecule has 0 aliphatic rings. The molecule has 0 heterocycles. The molecule has 1 atom stereocenters. The van der Waals surface area contributed by atoms with Gasteiger partial charge in [-0.15, -0.1) is 0 Å². The molecule has 0 radical (unpaired) electrons. The van der Waals surface area contributed by atoms with E-state index in [1.54, 1.807) is 14.2 Å². The van der Waals surface area contributed by atoms with Crippen LogP contribution in [0.4, 0.5) is 0 Å². The van der Waals surface area contributed by atoms with Gasteiger partial charge >= 0.3 is 5.97 Å². The molecule has 0 fully saturated rings. The van der Waals surface area contributed by atoms with Crippen molar-refractivity contribution in [2.75, 3.05) is 28.4 Å². The fraction of sp³-hybridized carbons (Fsp3) is 0.533. The lowest BCUT2D eigenvalue weighted by Crippen LogP contribution is -2.44. The number of esters is 1. The van der Waals surface area contributed by atoms with Gasteiger partial charge in [0, 0.05) is 5.54 Å². The smallest absolute Gasteiger partial charge is 0.307 e. The van der Waals surface area contributed by atoms with Crippen LogP contribution in [0.2, 0.25) is 0 Å². The van der Waals surface area contributed by atoms with Crippen molar-refractivity contribution >= 4 is 5.97 Å². The van der Waals surface area contributed by atoms with Crippen LogP contribution in [0, 0.1) is 0 Å². The van der Waals surface area contributed by atoms with Crippen molar-refractivity contribution in [3.63, 3.8) is 0 Å². The number of hydrogen-bond donors (Lipinski definition) is 1. The Morgan fingerprint density at radius 1 is 1.20 bits per heavy atom. The van der Waals surface area contributed by atoms with Gasteiger partial charge in [0.15, 0.2) is 11.5 Å². The summed E-state index contributed by atoms with van der Waals surface area (Å²) in [7, 11) is 6.44. The molecule has 1 aromatic rings. The molecule has 5 heteroatoms. The molecule has 0 saturated heterocycles. The molecule has 5 nitrogen and oxygen atoms in total. The molecular formula is C15H23NO4. The lowest BCUT2D eigenvalue weighted by Gasteiger charge is -2.28. The topological polar surface area (TPSA) is 56.8 Å². The van der Waals surface area contributed by atoms with Gasteiger partial charge in [-0.2, -0.15) is 0 Å². The Balaban J connectivity index is 2.92. The quantitative estimate of drug-likeness (QED) is 0.772. The van der Waals surface area contributed by atoms with E-state index in [2.05, 4.69) is 5.32 Å². The molecule has 1 N–H and O–H groups in total. The molecule has 0 aliphatic heterocycles. The number of hydrogen-bond acceptors (Lipinski definition) is 5. The first-order chi connectivity index (χ1) is 9.47. The molecule has 1 rings (SSSR count). The molecule has 0 spiro atoms. The van der Waals surface area contributed by atoms with Crippen LogP contribution in [0.1, 0.15) is 18.9 Å². The maximum atomic E-state index is 11.5. The summed E-state index contributed by atoms with van der Waals surface area (Å²) in [5.41, 5.74) is 0.690. The van der Waals surface area contributed by atoms with E-state index < -0.39 is 0 Å². The van der Waals surface area contributed by atoms with Gasteiger partial charge in [0.25, 0.3) is 0 Å². The van der Waals surface area contributed by atoms with Crippen LogP contribution in [0.25, 0.3) is 0 Å². The van der Waals surface area contributed by atoms with Crippen molar-refractivity contribution in [2.24, 2.45) is 0 Å². The van der Waals surface area contributed by atoms with Crippen molar-refractivity contribution in [1.29, 1.82) is 0 Å². The van der Waals surface area contributed by atoms with Crippen LogP contribution in [0.3, 0.4) is 0 Å². The minimum atomic E-state index is -0.368. The summed E-state index contributed by atoms with van der Waals surface area (Å²) in [6.07, 6.45) is 0.979. The van der Waals surface area contributed by atoms with Crippen molar-refractivity contribution < 1.29 is 19.0 Å². The Bertz CT molecular complexity index is 461. The number of nitrogens with one attached hydrogen (secondary N) is 1. The largest absolute Gasteiger partial charge is 0.493 e. The van der Waals surface area contributed by atoms with E-state index >= 15 is 0 Å². The van der Waals surface area contributed by atoms with E-state index in [1.165, 1.54) is 7.11 Å². The van der Waals surface area contributed by atoms with Crippen molar-refractivity contribution in [3.8, 4) is 11.5 Å². The van der Waals surface area contributed by atoms with Crippen LogP contribution >= 0.6 is 0 Å². The molecular weight excluding hydrogens is 258 g/mol. The Morgan fingerprint density at radius 2 is 1.85 bits per heavy atom. The number of benzene rings is 1. The van der Waals surface area contributed by atoms with Gasteiger partial charge in [0.1, 0.15) is 0 Å². The zero-order valence-corrected chi connectivity index (χ0v) is 12.8. The van der Waals surface area contributed by atoms with Crippen LogP contribution in [0.15, 0.2) is 18.2 Å². The molecule has 0 aromatic heterocycles. The second-order valence-corrected chi connectivity index (χ2v) is 4.93. The van der Waals surface area contributed by atoms with E-state index in [9.17, 15) is 4.79 Å². The molecule has 20 heavy (non-hydrogen) atoms. The first-order valence-corrected chi connectivity index (χ1v) is 6.44. The van der Waals surface area contributed by atoms with Crippen LogP contribution in [0.5, 0.6) is 11.5 Å². The predicted molar refractivity (Wildman–Crippen MR) is 77.3 cm³/mol. The highest BCUT2D eigenvalue weighted by atomic mass is 16.5. The minimum absolute atomic E-state index is 0.234. The highest BCUT2D eigenvalue weighted by Gasteiger charge is 2.27. The summed E-state index contributed by atoms with van der Waals surface area (Å²) in [6.45, 7) is 1.99. The van der Waals surface area contributed by atoms with E-state index in [0.29, 0.717) is 24.3 Å². The summed E-state index contributed by atoms with van der Waals surface area (Å²) < 4.78 is 15.2. The fourth-order valence-corrected chi connectivity index (χ4v) is 2.07. The first kappa shape index (κ1) is 16.3. The summed E-state index contributed by atoms with van der Waals surface area (Å²) in [4.78, 5) is 11.5. The number of rotatable bonds is 7. The summed E-state index contributed by atoms with van der Waals surface area (Å²) in [5, 5.41) is 3.19. The third-order valence-electron chi connectivity index (χ3n) is 3.41. The normalized spacial score (nSPS) is 13.4. The monoisotopic (exact) mass is 281 g/mol. The summed E-state index contributed by atoms with van der Waals surface area (Å²) in [6, 6.07) is 5.75. The number of likely N-dealkylation sites (N-methyl/N-ethyl adjacent to an activating group) is 1. The SMILES string of the molecule is CNC(C)(CC(=O)OC)Cc1ccc(OC)c(OC)c1. The van der Waals surface area contributed by atoms with Crippen molar-refractivity contribution in [2.45, 2.75) is 25.3 Å². The molecule has 0 aliphatic carbocycles. The summed E-state index contributed by atoms with van der Waals surface area (Å²) in [5.74, 6) is 1.14. The van der Waals surface area contributed by atoms with Crippen molar-refractivity contribution in [1.82, 2.24) is 5.32 Å². The maximum absolute atomic E-state index is 11.5. The third kappa shape index (κ3) is 4.13. The van der Waals surface area contributed by atoms with Gasteiger partial charge in [0.2, 0.25) is 0 Å². The average molecular weight is 281 g/mol. The minimum Gasteiger partial charge on any atom is -0.493 e. The Kier molecular flexibility index (Phi) is 5.82. The third-order valence-corrected chi connectivity index (χ3v) is 3.41. The van der Waals surface area contributed by atoms with Crippen molar-refractivity contribution in [3.05, 3.63) is 23.8 Å². The molecule has 1 aromatic carbocycles. The molecule has 1 unspecified atom stereocenters. The van der Waals surface area contributed by atoms with Gasteiger partial charge < -0.3 is 19.5 Å². The van der Waals surface area contributed by atoms with Crippen LogP contribution in [-0.2, 0) is 16.0 Å². The van der Waals surface area contributed by atoms with E-state index in [0.717, 1.165) is 5.56 Å². The highest BCUT2D eigenvalue weighted by molar-refractivity contribution is 5.70. The number of carbonyl (C=O) groups excluding carboxylic acids is 1. The van der Waals surface area contributed by atoms with Gasteiger partial charge in [0.05, 0.1) is 27.8 Å². The zero-order chi connectivity index (χ0) is 15.2. The number of ether oxygens (including phenoxy) is 3. The van der Waals surface area contributed by atoms with Gasteiger partial charge in [-0.05, 0) is 38.1 Å². The average Bonchev–Trinajstić information content (AvgIpc) is 2.46. The van der Waals surface area contributed by atoms with Gasteiger partial charge in [-0.25, -0.2) is 0 Å².